The zero-order valence-electron chi connectivity index (χ0n) is 24.1. The molecular formula is C31H31F3N2O7. The van der Waals surface area contributed by atoms with Crippen molar-refractivity contribution in [2.75, 3.05) is 54.6 Å². The fourth-order valence-corrected chi connectivity index (χ4v) is 4.61. The summed E-state index contributed by atoms with van der Waals surface area (Å²) < 4.78 is 61.5. The van der Waals surface area contributed by atoms with Gasteiger partial charge in [0, 0.05) is 24.7 Å². The summed E-state index contributed by atoms with van der Waals surface area (Å²) in [6.45, 7) is 0.950. The number of nitrogens with zero attached hydrogens (tertiary/aromatic N) is 2. The summed E-state index contributed by atoms with van der Waals surface area (Å²) in [5.74, 6) is 0.569. The van der Waals surface area contributed by atoms with Crippen LogP contribution >= 0.6 is 0 Å². The Morgan fingerprint density at radius 2 is 1.37 bits per heavy atom. The second kappa shape index (κ2) is 13.5. The molecule has 1 amide bonds. The quantitative estimate of drug-likeness (QED) is 0.314. The molecule has 0 N–H and O–H groups in total. The van der Waals surface area contributed by atoms with Crippen molar-refractivity contribution in [1.29, 1.82) is 0 Å². The predicted molar refractivity (Wildman–Crippen MR) is 151 cm³/mol. The van der Waals surface area contributed by atoms with Crippen molar-refractivity contribution >= 4 is 17.4 Å². The van der Waals surface area contributed by atoms with Crippen molar-refractivity contribution in [3.8, 4) is 23.0 Å². The molecule has 1 fully saturated rings. The highest BCUT2D eigenvalue weighted by Crippen LogP contribution is 2.38. The number of rotatable bonds is 9. The zero-order valence-corrected chi connectivity index (χ0v) is 24.1. The number of hydrogen-bond acceptors (Lipinski definition) is 8. The molecule has 3 aromatic rings. The lowest BCUT2D eigenvalue weighted by molar-refractivity contribution is -0.189. The number of alkyl halides is 3. The highest BCUT2D eigenvalue weighted by Gasteiger charge is 2.31. The molecule has 0 saturated carbocycles. The molecule has 0 unspecified atom stereocenters. The smallest absolute Gasteiger partial charge is 0.416 e. The van der Waals surface area contributed by atoms with Crippen molar-refractivity contribution in [3.05, 3.63) is 89.0 Å². The number of methoxy groups -OCH3 is 4. The van der Waals surface area contributed by atoms with Crippen LogP contribution in [-0.2, 0) is 15.8 Å². The van der Waals surface area contributed by atoms with E-state index in [-0.39, 0.29) is 43.2 Å². The van der Waals surface area contributed by atoms with Gasteiger partial charge in [-0.15, -0.1) is 5.06 Å². The Morgan fingerprint density at radius 1 is 0.744 bits per heavy atom. The third-order valence-corrected chi connectivity index (χ3v) is 6.82. The molecule has 3 aromatic carbocycles. The lowest BCUT2D eigenvalue weighted by atomic mass is 9.96. The summed E-state index contributed by atoms with van der Waals surface area (Å²) in [5.41, 5.74) is 0.435. The molecule has 1 aliphatic rings. The van der Waals surface area contributed by atoms with Crippen LogP contribution in [0, 0.1) is 0 Å². The van der Waals surface area contributed by atoms with Gasteiger partial charge in [-0.3, -0.25) is 4.79 Å². The normalized spacial score (nSPS) is 14.2. The first kappa shape index (κ1) is 31.2. The van der Waals surface area contributed by atoms with Crippen LogP contribution < -0.4 is 18.9 Å². The average Bonchev–Trinajstić information content (AvgIpc) is 3.02. The summed E-state index contributed by atoms with van der Waals surface area (Å²) in [7, 11) is 5.88. The minimum atomic E-state index is -4.55. The fraction of sp³-hybridized carbons (Fsp3) is 0.290. The Morgan fingerprint density at radius 3 is 1.91 bits per heavy atom. The van der Waals surface area contributed by atoms with Crippen LogP contribution in [0.2, 0.25) is 0 Å². The molecule has 1 aliphatic heterocycles. The number of piperazine rings is 1. The summed E-state index contributed by atoms with van der Waals surface area (Å²) in [5, 5.41) is 1.41. The molecule has 1 heterocycles. The van der Waals surface area contributed by atoms with Gasteiger partial charge in [0.15, 0.2) is 11.5 Å². The largest absolute Gasteiger partial charge is 0.497 e. The monoisotopic (exact) mass is 600 g/mol. The maximum absolute atomic E-state index is 13.4. The van der Waals surface area contributed by atoms with Gasteiger partial charge in [0.25, 0.3) is 5.91 Å². The van der Waals surface area contributed by atoms with Gasteiger partial charge in [-0.25, -0.2) is 4.79 Å². The van der Waals surface area contributed by atoms with Crippen molar-refractivity contribution in [2.45, 2.75) is 6.18 Å². The van der Waals surface area contributed by atoms with Crippen molar-refractivity contribution in [3.63, 3.8) is 0 Å². The molecule has 0 atom stereocenters. The molecule has 12 heteroatoms. The Labute approximate surface area is 246 Å². The fourth-order valence-electron chi connectivity index (χ4n) is 4.61. The Balaban J connectivity index is 1.49. The number of halogens is 3. The first-order valence-electron chi connectivity index (χ1n) is 13.2. The van der Waals surface area contributed by atoms with Gasteiger partial charge in [0.2, 0.25) is 5.75 Å². The standard InChI is InChI=1S/C31H31F3N2O7/c1-39-24-10-8-20(9-11-24)25(21-6-5-7-23(16-21)31(32,33)34)19-28(37)43-36-14-12-35(13-15-36)30(38)22-17-26(40-2)29(42-4)27(18-22)41-3/h5-11,16-19H,12-15H2,1-4H3. The van der Waals surface area contributed by atoms with Crippen molar-refractivity contribution < 1.29 is 46.5 Å². The predicted octanol–water partition coefficient (Wildman–Crippen LogP) is 5.09. The molecule has 4 rings (SSSR count). The van der Waals surface area contributed by atoms with Gasteiger partial charge in [-0.2, -0.15) is 13.2 Å². The zero-order chi connectivity index (χ0) is 31.1. The maximum Gasteiger partial charge on any atom is 0.416 e. The van der Waals surface area contributed by atoms with Gasteiger partial charge in [-0.05, 0) is 53.1 Å². The average molecular weight is 601 g/mol. The second-order valence-electron chi connectivity index (χ2n) is 9.41. The number of hydroxylamine groups is 2. The van der Waals surface area contributed by atoms with Crippen LogP contribution in [0.5, 0.6) is 23.0 Å². The lowest BCUT2D eigenvalue weighted by Gasteiger charge is -2.33. The molecule has 0 spiro atoms. The minimum Gasteiger partial charge on any atom is -0.497 e. The van der Waals surface area contributed by atoms with Crippen LogP contribution in [0.3, 0.4) is 0 Å². The van der Waals surface area contributed by atoms with E-state index in [0.29, 0.717) is 34.1 Å². The maximum atomic E-state index is 13.4. The molecule has 0 aromatic heterocycles. The van der Waals surface area contributed by atoms with E-state index in [9.17, 15) is 22.8 Å². The highest BCUT2D eigenvalue weighted by molar-refractivity contribution is 5.97. The second-order valence-corrected chi connectivity index (χ2v) is 9.41. The molecule has 0 radical (unpaired) electrons. The van der Waals surface area contributed by atoms with E-state index in [0.717, 1.165) is 18.2 Å². The van der Waals surface area contributed by atoms with Gasteiger partial charge in [0.1, 0.15) is 5.75 Å². The number of amides is 1. The number of hydrogen-bond donors (Lipinski definition) is 0. The number of carbonyl (C=O) groups is 2. The highest BCUT2D eigenvalue weighted by atomic mass is 19.4. The molecule has 0 aliphatic carbocycles. The molecule has 1 saturated heterocycles. The van der Waals surface area contributed by atoms with E-state index in [2.05, 4.69) is 0 Å². The Kier molecular flexibility index (Phi) is 9.81. The van der Waals surface area contributed by atoms with Gasteiger partial charge < -0.3 is 28.7 Å². The first-order chi connectivity index (χ1) is 20.6. The van der Waals surface area contributed by atoms with E-state index in [1.54, 1.807) is 41.3 Å². The van der Waals surface area contributed by atoms with Crippen LogP contribution in [-0.4, -0.2) is 76.5 Å². The molecule has 228 valence electrons. The van der Waals surface area contributed by atoms with Crippen LogP contribution in [0.15, 0.2) is 66.7 Å². The summed E-state index contributed by atoms with van der Waals surface area (Å²) in [6.07, 6.45) is -3.40. The Hall–Kier alpha value is -4.71. The van der Waals surface area contributed by atoms with Gasteiger partial charge in [0.05, 0.1) is 47.1 Å². The van der Waals surface area contributed by atoms with E-state index >= 15 is 0 Å². The third-order valence-electron chi connectivity index (χ3n) is 6.82. The van der Waals surface area contributed by atoms with E-state index in [1.165, 1.54) is 45.6 Å². The summed E-state index contributed by atoms with van der Waals surface area (Å²) in [6, 6.07) is 14.4. The lowest BCUT2D eigenvalue weighted by Crippen LogP contribution is -2.49. The van der Waals surface area contributed by atoms with E-state index < -0.39 is 17.7 Å². The van der Waals surface area contributed by atoms with Gasteiger partial charge in [-0.1, -0.05) is 24.3 Å². The molecular weight excluding hydrogens is 569 g/mol. The third kappa shape index (κ3) is 7.39. The molecule has 43 heavy (non-hydrogen) atoms. The minimum absolute atomic E-state index is 0.192. The van der Waals surface area contributed by atoms with E-state index in [4.69, 9.17) is 23.8 Å². The Bertz CT molecular complexity index is 1460. The topological polar surface area (TPSA) is 86.8 Å². The summed E-state index contributed by atoms with van der Waals surface area (Å²) >= 11 is 0. The summed E-state index contributed by atoms with van der Waals surface area (Å²) in [4.78, 5) is 33.3. The number of ether oxygens (including phenoxy) is 4. The van der Waals surface area contributed by atoms with Gasteiger partial charge >= 0.3 is 12.1 Å². The number of carbonyl (C=O) groups excluding carboxylic acids is 2. The molecule has 9 nitrogen and oxygen atoms in total. The molecule has 0 bridgehead atoms. The first-order valence-corrected chi connectivity index (χ1v) is 13.2. The van der Waals surface area contributed by atoms with Crippen LogP contribution in [0.25, 0.3) is 5.57 Å². The van der Waals surface area contributed by atoms with Crippen LogP contribution in [0.4, 0.5) is 13.2 Å². The van der Waals surface area contributed by atoms with Crippen molar-refractivity contribution in [1.82, 2.24) is 9.96 Å². The number of benzene rings is 3. The SMILES string of the molecule is COc1ccc(C(=CC(=O)ON2CCN(C(=O)c3cc(OC)c(OC)c(OC)c3)CC2)c2cccc(C(F)(F)F)c2)cc1. The van der Waals surface area contributed by atoms with Crippen molar-refractivity contribution in [2.24, 2.45) is 0 Å². The van der Waals surface area contributed by atoms with E-state index in [1.807, 2.05) is 0 Å². The van der Waals surface area contributed by atoms with Crippen LogP contribution in [0.1, 0.15) is 27.0 Å².